The van der Waals surface area contributed by atoms with Gasteiger partial charge < -0.3 is 30.6 Å². The van der Waals surface area contributed by atoms with Gasteiger partial charge in [0.1, 0.15) is 18.5 Å². The molecule has 4 rings (SSSR count). The van der Waals surface area contributed by atoms with Crippen molar-refractivity contribution >= 4 is 63.9 Å². The molecule has 4 N–H and O–H groups in total. The van der Waals surface area contributed by atoms with Gasteiger partial charge in [0.2, 0.25) is 22.6 Å². The Labute approximate surface area is 227 Å². The normalized spacial score (nSPS) is 19.3. The largest absolute Gasteiger partial charge is 0.512 e. The molecule has 38 heavy (non-hydrogen) atoms. The molecule has 20 heteroatoms. The van der Waals surface area contributed by atoms with Gasteiger partial charge in [-0.2, -0.15) is 9.36 Å². The summed E-state index contributed by atoms with van der Waals surface area (Å²) in [5.41, 5.74) is 5.91. The van der Waals surface area contributed by atoms with Crippen molar-refractivity contribution < 1.29 is 29.1 Å². The second-order valence-corrected chi connectivity index (χ2v) is 10.8. The molecule has 0 aliphatic carbocycles. The summed E-state index contributed by atoms with van der Waals surface area (Å²) in [4.78, 5) is 49.2. The number of nitrogens with zero attached hydrogens (tertiary/aromatic N) is 9. The lowest BCUT2D eigenvalue weighted by Crippen LogP contribution is -2.70. The first-order valence-electron chi connectivity index (χ1n) is 10.8. The molecule has 4 heterocycles. The number of carboxylic acid groups (broad SMARTS) is 1. The van der Waals surface area contributed by atoms with Gasteiger partial charge in [0.05, 0.1) is 6.54 Å². The van der Waals surface area contributed by atoms with E-state index < -0.39 is 29.4 Å². The quantitative estimate of drug-likeness (QED) is 0.0959. The van der Waals surface area contributed by atoms with Crippen LogP contribution in [0.2, 0.25) is 0 Å². The second-order valence-electron chi connectivity index (χ2n) is 7.99. The summed E-state index contributed by atoms with van der Waals surface area (Å²) in [5, 5.41) is 27.3. The van der Waals surface area contributed by atoms with Crippen LogP contribution >= 0.6 is 35.1 Å². The highest BCUT2D eigenvalue weighted by Crippen LogP contribution is 2.41. The molecule has 2 amide bonds. The van der Waals surface area contributed by atoms with E-state index >= 15 is 0 Å². The minimum absolute atomic E-state index is 0.0474. The summed E-state index contributed by atoms with van der Waals surface area (Å²) in [6.07, 6.45) is -1.56. The zero-order chi connectivity index (χ0) is 27.4. The molecule has 2 atom stereocenters. The number of rotatable bonds is 11. The average molecular weight is 586 g/mol. The van der Waals surface area contributed by atoms with Gasteiger partial charge in [-0.15, -0.1) is 16.9 Å². The highest BCUT2D eigenvalue weighted by Gasteiger charge is 2.54. The fourth-order valence-electron chi connectivity index (χ4n) is 3.41. The number of nitrogens with two attached hydrogens (primary N) is 1. The number of oxime groups is 1. The number of hydrogen-bond donors (Lipinski definition) is 3. The third kappa shape index (κ3) is 5.97. The molecule has 0 saturated carbocycles. The molecule has 2 aromatic heterocycles. The highest BCUT2D eigenvalue weighted by molar-refractivity contribution is 8.01. The Bertz CT molecular complexity index is 1280. The minimum Gasteiger partial charge on any atom is -0.449 e. The van der Waals surface area contributed by atoms with E-state index in [0.29, 0.717) is 23.0 Å². The smallest absolute Gasteiger partial charge is 0.449 e. The van der Waals surface area contributed by atoms with E-state index in [2.05, 4.69) is 35.4 Å². The van der Waals surface area contributed by atoms with Gasteiger partial charge in [0.15, 0.2) is 5.13 Å². The van der Waals surface area contributed by atoms with Gasteiger partial charge >= 0.3 is 6.16 Å². The van der Waals surface area contributed by atoms with Gasteiger partial charge in [-0.05, 0) is 24.5 Å². The third-order valence-corrected chi connectivity index (χ3v) is 8.07. The van der Waals surface area contributed by atoms with Crippen molar-refractivity contribution in [1.29, 1.82) is 0 Å². The van der Waals surface area contributed by atoms with E-state index in [1.807, 2.05) is 19.0 Å². The molecule has 17 nitrogen and oxygen atoms in total. The number of nitrogens with one attached hydrogen (secondary N) is 1. The lowest BCUT2D eigenvalue weighted by molar-refractivity contribution is -0.148. The Morgan fingerprint density at radius 1 is 1.39 bits per heavy atom. The predicted octanol–water partition coefficient (Wildman–Crippen LogP) is -0.883. The van der Waals surface area contributed by atoms with Crippen LogP contribution in [0.3, 0.4) is 0 Å². The van der Waals surface area contributed by atoms with E-state index in [0.717, 1.165) is 18.1 Å². The van der Waals surface area contributed by atoms with E-state index in [9.17, 15) is 19.5 Å². The average Bonchev–Trinajstić information content (AvgIpc) is 3.51. The van der Waals surface area contributed by atoms with Crippen LogP contribution in [0.5, 0.6) is 0 Å². The van der Waals surface area contributed by atoms with Crippen molar-refractivity contribution in [3.05, 3.63) is 17.3 Å². The number of tetrazole rings is 1. The van der Waals surface area contributed by atoms with Crippen LogP contribution < -0.4 is 11.1 Å². The van der Waals surface area contributed by atoms with Gasteiger partial charge in [0, 0.05) is 35.2 Å². The van der Waals surface area contributed by atoms with Crippen molar-refractivity contribution in [2.45, 2.75) is 23.1 Å². The maximum Gasteiger partial charge on any atom is 0.512 e. The number of likely N-dealkylation sites (N-methyl/N-ethyl adjacent to an activating group) is 1. The topological polar surface area (TPSA) is 216 Å². The molecule has 0 aromatic carbocycles. The van der Waals surface area contributed by atoms with E-state index in [-0.39, 0.29) is 28.3 Å². The third-order valence-electron chi connectivity index (χ3n) is 5.15. The fourth-order valence-corrected chi connectivity index (χ4v) is 6.20. The highest BCUT2D eigenvalue weighted by atomic mass is 32.2. The number of β-lactam (4-membered cyclic amide) rings is 1. The first-order chi connectivity index (χ1) is 18.2. The Morgan fingerprint density at radius 3 is 2.84 bits per heavy atom. The van der Waals surface area contributed by atoms with Crippen LogP contribution in [0.15, 0.2) is 21.8 Å². The van der Waals surface area contributed by atoms with Crippen LogP contribution in [-0.2, 0) is 25.7 Å². The summed E-state index contributed by atoms with van der Waals surface area (Å²) in [5.74, 6) is -0.803. The molecule has 2 aliphatic heterocycles. The van der Waals surface area contributed by atoms with Crippen LogP contribution in [0.1, 0.15) is 5.82 Å². The number of fused-ring (bicyclic) bond motifs is 1. The number of nitrogen functional groups attached to an aromatic ring is 1. The molecule has 0 bridgehead atoms. The van der Waals surface area contributed by atoms with Crippen molar-refractivity contribution in [2.24, 2.45) is 5.16 Å². The molecular weight excluding hydrogens is 562 g/mol. The van der Waals surface area contributed by atoms with Crippen molar-refractivity contribution in [2.75, 3.05) is 45.0 Å². The molecule has 0 spiro atoms. The number of amides is 2. The van der Waals surface area contributed by atoms with Gasteiger partial charge in [-0.1, -0.05) is 16.9 Å². The van der Waals surface area contributed by atoms with Crippen molar-refractivity contribution in [3.63, 3.8) is 0 Å². The van der Waals surface area contributed by atoms with Gasteiger partial charge in [0.25, 0.3) is 11.8 Å². The molecule has 0 radical (unpaired) electrons. The lowest BCUT2D eigenvalue weighted by atomic mass is 10.1. The minimum atomic E-state index is -1.56. The molecule has 1 fully saturated rings. The molecule has 204 valence electrons. The molecule has 2 aliphatic rings. The summed E-state index contributed by atoms with van der Waals surface area (Å²) in [7, 11) is 5.12. The summed E-state index contributed by atoms with van der Waals surface area (Å²) in [6, 6.07) is -0.967. The first kappa shape index (κ1) is 27.5. The number of thioether (sulfide) groups is 2. The van der Waals surface area contributed by atoms with Crippen molar-refractivity contribution in [1.82, 2.24) is 44.7 Å². The zero-order valence-corrected chi connectivity index (χ0v) is 22.7. The van der Waals surface area contributed by atoms with E-state index in [1.165, 1.54) is 35.5 Å². The summed E-state index contributed by atoms with van der Waals surface area (Å²) in [6.45, 7) is 1.30. The van der Waals surface area contributed by atoms with Crippen LogP contribution in [0.4, 0.5) is 9.93 Å². The SMILES string of the molecule is CO/N=C(\C(=O)N[C@@H]1C(=O)N2C(OC(=O)O)=C(CSc3nnnn3CCN(C)C)CS[C@@H]12)c1nsc(N)n1. The molecular formula is C18H23N11O6S3. The predicted molar refractivity (Wildman–Crippen MR) is 136 cm³/mol. The van der Waals surface area contributed by atoms with E-state index in [4.69, 9.17) is 15.3 Å². The maximum absolute atomic E-state index is 13.0. The summed E-state index contributed by atoms with van der Waals surface area (Å²) >= 11 is 3.52. The Morgan fingerprint density at radius 2 is 2.18 bits per heavy atom. The van der Waals surface area contributed by atoms with E-state index in [1.54, 1.807) is 4.68 Å². The van der Waals surface area contributed by atoms with Gasteiger partial charge in [-0.25, -0.2) is 9.48 Å². The number of aromatic nitrogens is 6. The standard InChI is InChI=1S/C18H23N11O6S3/c1-27(2)4-5-28-17(22-25-26-28)37-7-8-6-36-15-10(13(31)29(15)14(8)35-18(32)33)20-12(30)9(23-34-3)11-21-16(19)38-24-11/h10,15H,4-7H2,1-3H3,(H,20,30)(H,32,33)(H2,19,21,24)/b23-9-/t10-,15+/m1/s1. The van der Waals surface area contributed by atoms with Crippen molar-refractivity contribution in [3.8, 4) is 0 Å². The van der Waals surface area contributed by atoms with Crippen LogP contribution in [0.25, 0.3) is 0 Å². The molecule has 2 aromatic rings. The van der Waals surface area contributed by atoms with Gasteiger partial charge in [-0.3, -0.25) is 14.5 Å². The first-order valence-corrected chi connectivity index (χ1v) is 13.6. The maximum atomic E-state index is 13.0. The number of anilines is 1. The number of ether oxygens (including phenoxy) is 1. The molecule has 0 unspecified atom stereocenters. The second kappa shape index (κ2) is 11.9. The summed E-state index contributed by atoms with van der Waals surface area (Å²) < 4.78 is 10.6. The Balaban J connectivity index is 1.47. The fraction of sp³-hybridized carbons (Fsp3) is 0.500. The lowest BCUT2D eigenvalue weighted by Gasteiger charge is -2.49. The number of carbonyl (C=O) groups excluding carboxylic acids is 2. The van der Waals surface area contributed by atoms with Crippen LogP contribution in [0, 0.1) is 0 Å². The molecule has 1 saturated heterocycles. The monoisotopic (exact) mass is 585 g/mol. The Kier molecular flexibility index (Phi) is 8.64. The number of carbonyl (C=O) groups is 3. The zero-order valence-electron chi connectivity index (χ0n) is 20.3. The number of hydrogen-bond acceptors (Lipinski definition) is 16. The van der Waals surface area contributed by atoms with Crippen LogP contribution in [-0.4, -0.2) is 119 Å². The Hall–Kier alpha value is -3.49.